The Bertz CT molecular complexity index is 272. The van der Waals surface area contributed by atoms with Gasteiger partial charge in [0.2, 0.25) is 0 Å². The third kappa shape index (κ3) is 4.59. The van der Waals surface area contributed by atoms with E-state index < -0.39 is 0 Å². The van der Waals surface area contributed by atoms with E-state index in [1.165, 1.54) is 19.3 Å². The highest BCUT2D eigenvalue weighted by molar-refractivity contribution is 4.88. The highest BCUT2D eigenvalue weighted by Crippen LogP contribution is 2.35. The van der Waals surface area contributed by atoms with Gasteiger partial charge in [-0.3, -0.25) is 0 Å². The fraction of sp³-hybridized carbons (Fsp3) is 0.933. The highest BCUT2D eigenvalue weighted by atomic mass is 16.5. The lowest BCUT2D eigenvalue weighted by atomic mass is 9.75. The van der Waals surface area contributed by atoms with Gasteiger partial charge in [0.15, 0.2) is 0 Å². The lowest BCUT2D eigenvalue weighted by molar-refractivity contribution is -0.0398. The average molecular weight is 252 g/mol. The molecular weight excluding hydrogens is 224 g/mol. The van der Waals surface area contributed by atoms with E-state index in [4.69, 9.17) is 10.00 Å². The summed E-state index contributed by atoms with van der Waals surface area (Å²) in [4.78, 5) is 0. The molecule has 18 heavy (non-hydrogen) atoms. The number of nitriles is 1. The summed E-state index contributed by atoms with van der Waals surface area (Å²) in [5, 5.41) is 11.9. The van der Waals surface area contributed by atoms with Crippen LogP contribution in [-0.2, 0) is 4.74 Å². The quantitative estimate of drug-likeness (QED) is 0.790. The van der Waals surface area contributed by atoms with Crippen molar-refractivity contribution in [2.45, 2.75) is 58.6 Å². The summed E-state index contributed by atoms with van der Waals surface area (Å²) >= 11 is 0. The third-order valence-electron chi connectivity index (χ3n) is 4.20. The molecule has 0 aromatic carbocycles. The zero-order valence-electron chi connectivity index (χ0n) is 12.3. The van der Waals surface area contributed by atoms with Crippen LogP contribution in [0.25, 0.3) is 0 Å². The number of ether oxygens (including phenoxy) is 1. The summed E-state index contributed by atoms with van der Waals surface area (Å²) in [5.41, 5.74) is 0. The Balaban J connectivity index is 2.39. The van der Waals surface area contributed by atoms with Gasteiger partial charge in [-0.1, -0.05) is 27.2 Å². The molecule has 4 atom stereocenters. The van der Waals surface area contributed by atoms with Gasteiger partial charge in [0.05, 0.1) is 18.2 Å². The molecule has 104 valence electrons. The molecular formula is C15H28N2O. The van der Waals surface area contributed by atoms with Crippen LogP contribution < -0.4 is 5.32 Å². The van der Waals surface area contributed by atoms with Gasteiger partial charge < -0.3 is 10.1 Å². The van der Waals surface area contributed by atoms with Crippen LogP contribution >= 0.6 is 0 Å². The lowest BCUT2D eigenvalue weighted by Gasteiger charge is -2.37. The maximum Gasteiger partial charge on any atom is 0.0972 e. The van der Waals surface area contributed by atoms with E-state index in [1.54, 1.807) is 0 Å². The molecule has 4 unspecified atom stereocenters. The van der Waals surface area contributed by atoms with Crippen molar-refractivity contribution in [1.82, 2.24) is 5.32 Å². The number of rotatable bonds is 6. The molecule has 0 saturated heterocycles. The first-order valence-corrected chi connectivity index (χ1v) is 7.27. The van der Waals surface area contributed by atoms with Gasteiger partial charge >= 0.3 is 0 Å². The molecule has 0 radical (unpaired) electrons. The summed E-state index contributed by atoms with van der Waals surface area (Å²) in [6.07, 6.45) is 4.98. The minimum atomic E-state index is -0.0801. The van der Waals surface area contributed by atoms with Crippen molar-refractivity contribution in [2.24, 2.45) is 17.8 Å². The van der Waals surface area contributed by atoms with E-state index in [0.717, 1.165) is 12.3 Å². The largest absolute Gasteiger partial charge is 0.378 e. The van der Waals surface area contributed by atoms with Gasteiger partial charge in [0, 0.05) is 6.61 Å². The van der Waals surface area contributed by atoms with Crippen LogP contribution in [0.3, 0.4) is 0 Å². The molecule has 1 aliphatic carbocycles. The standard InChI is InChI=1S/C15H28N2O/c1-11(2)14-6-5-12(3)9-15(14)18-8-7-13(10-16)17-4/h11-15,17H,5-9H2,1-4H3. The second kappa shape index (κ2) is 7.76. The second-order valence-electron chi connectivity index (χ2n) is 5.99. The van der Waals surface area contributed by atoms with Crippen LogP contribution in [0, 0.1) is 29.1 Å². The van der Waals surface area contributed by atoms with Crippen molar-refractivity contribution in [3.63, 3.8) is 0 Å². The monoisotopic (exact) mass is 252 g/mol. The Labute approximate surface area is 112 Å². The third-order valence-corrected chi connectivity index (χ3v) is 4.20. The lowest BCUT2D eigenvalue weighted by Crippen LogP contribution is -2.35. The Morgan fingerprint density at radius 1 is 1.39 bits per heavy atom. The molecule has 1 N–H and O–H groups in total. The molecule has 3 heteroatoms. The molecule has 0 heterocycles. The van der Waals surface area contributed by atoms with Gasteiger partial charge in [-0.2, -0.15) is 5.26 Å². The van der Waals surface area contributed by atoms with Crippen LogP contribution in [-0.4, -0.2) is 25.8 Å². The first-order valence-electron chi connectivity index (χ1n) is 7.27. The van der Waals surface area contributed by atoms with E-state index in [9.17, 15) is 0 Å². The van der Waals surface area contributed by atoms with Crippen molar-refractivity contribution in [3.05, 3.63) is 0 Å². The maximum atomic E-state index is 8.88. The van der Waals surface area contributed by atoms with Gasteiger partial charge in [-0.05, 0) is 44.1 Å². The first kappa shape index (κ1) is 15.5. The predicted octanol–water partition coefficient (Wildman–Crippen LogP) is 2.97. The fourth-order valence-electron chi connectivity index (χ4n) is 2.92. The van der Waals surface area contributed by atoms with Crippen LogP contribution in [0.4, 0.5) is 0 Å². The molecule has 1 fully saturated rings. The highest BCUT2D eigenvalue weighted by Gasteiger charge is 2.31. The van der Waals surface area contributed by atoms with Crippen molar-refractivity contribution in [3.8, 4) is 6.07 Å². The maximum absolute atomic E-state index is 8.88. The second-order valence-corrected chi connectivity index (χ2v) is 5.99. The number of nitrogens with zero attached hydrogens (tertiary/aromatic N) is 1. The van der Waals surface area contributed by atoms with E-state index >= 15 is 0 Å². The van der Waals surface area contributed by atoms with Crippen molar-refractivity contribution in [1.29, 1.82) is 5.26 Å². The zero-order chi connectivity index (χ0) is 13.5. The molecule has 0 amide bonds. The Morgan fingerprint density at radius 3 is 2.67 bits per heavy atom. The van der Waals surface area contributed by atoms with Gasteiger partial charge in [-0.15, -0.1) is 0 Å². The average Bonchev–Trinajstić information content (AvgIpc) is 2.34. The fourth-order valence-corrected chi connectivity index (χ4v) is 2.92. The number of hydrogen-bond acceptors (Lipinski definition) is 3. The predicted molar refractivity (Wildman–Crippen MR) is 74.2 cm³/mol. The molecule has 1 rings (SSSR count). The summed E-state index contributed by atoms with van der Waals surface area (Å²) in [6.45, 7) is 7.60. The minimum Gasteiger partial charge on any atom is -0.378 e. The SMILES string of the molecule is CNC(C#N)CCOC1CC(C)CCC1C(C)C. The Morgan fingerprint density at radius 2 is 2.11 bits per heavy atom. The summed E-state index contributed by atoms with van der Waals surface area (Å²) < 4.78 is 6.07. The number of nitrogens with one attached hydrogen (secondary N) is 1. The molecule has 1 aliphatic rings. The summed E-state index contributed by atoms with van der Waals surface area (Å²) in [7, 11) is 1.83. The molecule has 0 aromatic rings. The van der Waals surface area contributed by atoms with Crippen LogP contribution in [0.15, 0.2) is 0 Å². The zero-order valence-corrected chi connectivity index (χ0v) is 12.3. The van der Waals surface area contributed by atoms with E-state index in [1.807, 2.05) is 7.05 Å². The first-order chi connectivity index (χ1) is 8.58. The number of hydrogen-bond donors (Lipinski definition) is 1. The van der Waals surface area contributed by atoms with Crippen LogP contribution in [0.1, 0.15) is 46.5 Å². The Hall–Kier alpha value is -0.590. The molecule has 1 saturated carbocycles. The van der Waals surface area contributed by atoms with E-state index in [-0.39, 0.29) is 6.04 Å². The van der Waals surface area contributed by atoms with Gasteiger partial charge in [-0.25, -0.2) is 0 Å². The molecule has 0 bridgehead atoms. The normalized spacial score (nSPS) is 30.1. The van der Waals surface area contributed by atoms with Crippen molar-refractivity contribution >= 4 is 0 Å². The van der Waals surface area contributed by atoms with E-state index in [0.29, 0.717) is 24.5 Å². The minimum absolute atomic E-state index is 0.0801. The summed E-state index contributed by atoms with van der Waals surface area (Å²) in [5.74, 6) is 2.16. The topological polar surface area (TPSA) is 45.0 Å². The van der Waals surface area contributed by atoms with Gasteiger partial charge in [0.1, 0.15) is 0 Å². The summed E-state index contributed by atoms with van der Waals surface area (Å²) in [6, 6.07) is 2.16. The molecule has 0 aromatic heterocycles. The van der Waals surface area contributed by atoms with Crippen molar-refractivity contribution in [2.75, 3.05) is 13.7 Å². The van der Waals surface area contributed by atoms with Crippen LogP contribution in [0.5, 0.6) is 0 Å². The molecule has 3 nitrogen and oxygen atoms in total. The van der Waals surface area contributed by atoms with E-state index in [2.05, 4.69) is 32.2 Å². The molecule has 0 spiro atoms. The smallest absolute Gasteiger partial charge is 0.0972 e. The van der Waals surface area contributed by atoms with Crippen LogP contribution in [0.2, 0.25) is 0 Å². The Kier molecular flexibility index (Phi) is 6.67. The van der Waals surface area contributed by atoms with Crippen molar-refractivity contribution < 1.29 is 4.74 Å². The molecule has 0 aliphatic heterocycles. The van der Waals surface area contributed by atoms with Gasteiger partial charge in [0.25, 0.3) is 0 Å².